The van der Waals surface area contributed by atoms with Gasteiger partial charge in [0.2, 0.25) is 9.69 Å². The average Bonchev–Trinajstić information content (AvgIpc) is 2.80. The normalized spacial score (nSPS) is 15.0. The van der Waals surface area contributed by atoms with Crippen molar-refractivity contribution >= 4 is 48.4 Å². The quantitative estimate of drug-likeness (QED) is 0.256. The lowest BCUT2D eigenvalue weighted by Gasteiger charge is -2.27. The Bertz CT molecular complexity index is 1240. The Morgan fingerprint density at radius 2 is 1.18 bits per heavy atom. The van der Waals surface area contributed by atoms with Crippen LogP contribution in [0, 0.1) is 11.3 Å². The van der Waals surface area contributed by atoms with E-state index in [-0.39, 0.29) is 17.2 Å². The first-order valence-electron chi connectivity index (χ1n) is 9.55. The van der Waals surface area contributed by atoms with Gasteiger partial charge in [0, 0.05) is 0 Å². The molecule has 0 amide bonds. The minimum absolute atomic E-state index is 0.125. The van der Waals surface area contributed by atoms with Gasteiger partial charge in [-0.15, -0.1) is 4.76 Å². The molecule has 3 aromatic carbocycles. The topological polar surface area (TPSA) is 76.2 Å². The van der Waals surface area contributed by atoms with Crippen LogP contribution in [0.15, 0.2) is 112 Å². The summed E-state index contributed by atoms with van der Waals surface area (Å²) >= 11 is 18.6. The summed E-state index contributed by atoms with van der Waals surface area (Å²) in [6, 6.07) is 28.5. The number of hydrogen-bond acceptors (Lipinski definition) is 6. The largest absolute Gasteiger partial charge is 0.452 e. The van der Waals surface area contributed by atoms with E-state index in [0.717, 1.165) is 0 Å². The van der Waals surface area contributed by atoms with Crippen LogP contribution in [0.4, 0.5) is 0 Å². The van der Waals surface area contributed by atoms with Gasteiger partial charge in [0.15, 0.2) is 0 Å². The lowest BCUT2D eigenvalue weighted by molar-refractivity contribution is 0.470. The van der Waals surface area contributed by atoms with Gasteiger partial charge in [-0.05, 0) is 36.4 Å². The van der Waals surface area contributed by atoms with Gasteiger partial charge in [0.25, 0.3) is 0 Å². The van der Waals surface area contributed by atoms with Crippen LogP contribution in [0.2, 0.25) is 0 Å². The molecule has 166 valence electrons. The molecule has 0 N–H and O–H groups in total. The lowest BCUT2D eigenvalue weighted by atomic mass is 10.2. The number of benzene rings is 3. The van der Waals surface area contributed by atoms with Gasteiger partial charge < -0.3 is 13.8 Å². The molecule has 0 aromatic heterocycles. The Morgan fingerprint density at radius 3 is 1.61 bits per heavy atom. The number of allylic oxidation sites excluding steroid dienone is 1. The molecule has 4 rings (SSSR count). The standard InChI is InChI=1S/C23H15Cl3N3O3P/c24-23(25,26)21-20(16-27)22(30-17-10-4-1-5-11-17)29-33(28-21,31-18-12-6-2-7-13-18)32-19-14-8-3-9-15-19/h1-15H. The van der Waals surface area contributed by atoms with Crippen molar-refractivity contribution in [2.24, 2.45) is 9.51 Å². The van der Waals surface area contributed by atoms with Crippen molar-refractivity contribution in [3.05, 3.63) is 102 Å². The number of nitriles is 1. The Hall–Kier alpha value is -2.94. The summed E-state index contributed by atoms with van der Waals surface area (Å²) in [5, 5.41) is 9.85. The van der Waals surface area contributed by atoms with E-state index in [4.69, 9.17) is 48.6 Å². The third-order valence-corrected chi connectivity index (χ3v) is 6.49. The minimum atomic E-state index is -3.60. The molecule has 1 heterocycles. The molecule has 0 fully saturated rings. The molecule has 0 radical (unpaired) electrons. The molecule has 3 aromatic rings. The second-order valence-corrected chi connectivity index (χ2v) is 10.6. The Labute approximate surface area is 205 Å². The Morgan fingerprint density at radius 1 is 0.727 bits per heavy atom. The third-order valence-electron chi connectivity index (χ3n) is 4.17. The molecule has 33 heavy (non-hydrogen) atoms. The maximum Gasteiger partial charge on any atom is 0.452 e. The molecular formula is C23H15Cl3N3O3P. The smallest absolute Gasteiger partial charge is 0.437 e. The molecule has 0 saturated heterocycles. The van der Waals surface area contributed by atoms with Crippen LogP contribution in [0.1, 0.15) is 0 Å². The molecule has 0 saturated carbocycles. The maximum absolute atomic E-state index is 9.85. The second-order valence-electron chi connectivity index (χ2n) is 6.55. The van der Waals surface area contributed by atoms with Crippen LogP contribution < -0.4 is 13.8 Å². The fraction of sp³-hybridized carbons (Fsp3) is 0.0435. The van der Waals surface area contributed by atoms with Gasteiger partial charge in [-0.2, -0.15) is 10.0 Å². The highest BCUT2D eigenvalue weighted by Gasteiger charge is 2.42. The van der Waals surface area contributed by atoms with E-state index in [2.05, 4.69) is 9.51 Å². The van der Waals surface area contributed by atoms with E-state index in [9.17, 15) is 5.26 Å². The van der Waals surface area contributed by atoms with Gasteiger partial charge >= 0.3 is 7.66 Å². The number of para-hydroxylation sites is 3. The lowest BCUT2D eigenvalue weighted by Crippen LogP contribution is -2.22. The summed E-state index contributed by atoms with van der Waals surface area (Å²) in [4.78, 5) is 0. The van der Waals surface area contributed by atoms with Crippen molar-refractivity contribution in [3.63, 3.8) is 0 Å². The first-order chi connectivity index (χ1) is 15.9. The number of ether oxygens (including phenoxy) is 1. The summed E-state index contributed by atoms with van der Waals surface area (Å²) in [6.07, 6.45) is 0. The van der Waals surface area contributed by atoms with Gasteiger partial charge in [-0.3, -0.25) is 0 Å². The monoisotopic (exact) mass is 517 g/mol. The second kappa shape index (κ2) is 9.91. The van der Waals surface area contributed by atoms with E-state index in [0.29, 0.717) is 17.2 Å². The molecule has 1 aliphatic heterocycles. The summed E-state index contributed by atoms with van der Waals surface area (Å²) in [5.41, 5.74) is -0.320. The van der Waals surface area contributed by atoms with Gasteiger partial charge in [-0.25, -0.2) is 0 Å². The van der Waals surface area contributed by atoms with Gasteiger partial charge in [0.1, 0.15) is 34.6 Å². The Balaban J connectivity index is 1.92. The number of hydrogen-bond donors (Lipinski definition) is 0. The summed E-state index contributed by atoms with van der Waals surface area (Å²) in [5.74, 6) is 1.15. The van der Waals surface area contributed by atoms with Crippen LogP contribution in [0.25, 0.3) is 0 Å². The predicted molar refractivity (Wildman–Crippen MR) is 131 cm³/mol. The van der Waals surface area contributed by atoms with Crippen LogP contribution >= 0.6 is 42.5 Å². The summed E-state index contributed by atoms with van der Waals surface area (Å²) < 4.78 is 25.2. The molecule has 0 spiro atoms. The van der Waals surface area contributed by atoms with Crippen LogP contribution in [0.3, 0.4) is 0 Å². The first-order valence-corrected chi connectivity index (χ1v) is 12.2. The fourth-order valence-corrected chi connectivity index (χ4v) is 5.27. The number of alkyl halides is 3. The molecule has 0 atom stereocenters. The molecule has 0 bridgehead atoms. The molecule has 1 aliphatic rings. The average molecular weight is 519 g/mol. The van der Waals surface area contributed by atoms with Gasteiger partial charge in [-0.1, -0.05) is 89.4 Å². The van der Waals surface area contributed by atoms with Crippen molar-refractivity contribution in [2.45, 2.75) is 3.79 Å². The number of nitrogens with zero attached hydrogens (tertiary/aromatic N) is 3. The molecule has 0 unspecified atom stereocenters. The van der Waals surface area contributed by atoms with Crippen LogP contribution in [-0.2, 0) is 0 Å². The first kappa shape index (κ1) is 23.2. The molecule has 0 aliphatic carbocycles. The Kier molecular flexibility index (Phi) is 6.97. The highest BCUT2D eigenvalue weighted by Crippen LogP contribution is 2.59. The minimum Gasteiger partial charge on any atom is -0.437 e. The highest BCUT2D eigenvalue weighted by atomic mass is 35.6. The van der Waals surface area contributed by atoms with Gasteiger partial charge in [0.05, 0.1) is 0 Å². The zero-order valence-electron chi connectivity index (χ0n) is 16.8. The number of rotatable bonds is 5. The van der Waals surface area contributed by atoms with E-state index in [1.54, 1.807) is 72.8 Å². The summed E-state index contributed by atoms with van der Waals surface area (Å²) in [7, 11) is -3.60. The van der Waals surface area contributed by atoms with Crippen molar-refractivity contribution < 1.29 is 13.8 Å². The predicted octanol–water partition coefficient (Wildman–Crippen LogP) is 7.73. The van der Waals surface area contributed by atoms with Crippen molar-refractivity contribution in [1.29, 1.82) is 5.26 Å². The fourth-order valence-electron chi connectivity index (χ4n) is 2.77. The van der Waals surface area contributed by atoms with E-state index in [1.165, 1.54) is 0 Å². The van der Waals surface area contributed by atoms with E-state index in [1.807, 2.05) is 24.3 Å². The summed E-state index contributed by atoms with van der Waals surface area (Å²) in [6.45, 7) is 0. The molecule has 6 nitrogen and oxygen atoms in total. The number of halogens is 3. The van der Waals surface area contributed by atoms with Crippen LogP contribution in [0.5, 0.6) is 17.2 Å². The van der Waals surface area contributed by atoms with E-state index >= 15 is 0 Å². The van der Waals surface area contributed by atoms with Crippen molar-refractivity contribution in [3.8, 4) is 23.3 Å². The highest BCUT2D eigenvalue weighted by molar-refractivity contribution is 7.56. The molecule has 10 heteroatoms. The zero-order valence-corrected chi connectivity index (χ0v) is 20.0. The van der Waals surface area contributed by atoms with Crippen molar-refractivity contribution in [1.82, 2.24) is 0 Å². The third kappa shape index (κ3) is 5.71. The SMILES string of the molecule is N#CC1=C(C(Cl)(Cl)Cl)N=P(Oc2ccccc2)(Oc2ccccc2)N=C1Oc1ccccc1. The van der Waals surface area contributed by atoms with Crippen molar-refractivity contribution in [2.75, 3.05) is 0 Å². The molecular weight excluding hydrogens is 504 g/mol. The maximum atomic E-state index is 9.85. The van der Waals surface area contributed by atoms with Crippen LogP contribution in [-0.4, -0.2) is 9.69 Å². The van der Waals surface area contributed by atoms with E-state index < -0.39 is 11.5 Å². The zero-order chi connectivity index (χ0) is 23.3.